The molecule has 33 heavy (non-hydrogen) atoms. The Balaban J connectivity index is 2.03. The summed E-state index contributed by atoms with van der Waals surface area (Å²) in [5.41, 5.74) is 5.11. The highest BCUT2D eigenvalue weighted by molar-refractivity contribution is 6.35. The first-order valence-corrected chi connectivity index (χ1v) is 11.3. The molecule has 2 amide bonds. The molecule has 0 bridgehead atoms. The first kappa shape index (κ1) is 24.4. The summed E-state index contributed by atoms with van der Waals surface area (Å²) in [4.78, 5) is 25.0. The van der Waals surface area contributed by atoms with Crippen LogP contribution in [-0.2, 0) is 9.53 Å². The molecule has 0 aromatic heterocycles. The quantitative estimate of drug-likeness (QED) is 0.492. The molecule has 0 spiro atoms. The highest BCUT2D eigenvalue weighted by atomic mass is 16.6. The number of carbonyl (C=O) groups is 2. The third-order valence-corrected chi connectivity index (χ3v) is 5.38. The lowest BCUT2D eigenvalue weighted by Gasteiger charge is -2.20. The number of benzene rings is 2. The maximum absolute atomic E-state index is 12.8. The Morgan fingerprint density at radius 2 is 1.64 bits per heavy atom. The van der Waals surface area contributed by atoms with Crippen molar-refractivity contribution in [3.63, 3.8) is 0 Å². The number of rotatable bonds is 5. The van der Waals surface area contributed by atoms with Crippen LogP contribution in [0.3, 0.4) is 0 Å². The molecule has 2 N–H and O–H groups in total. The van der Waals surface area contributed by atoms with Crippen LogP contribution in [0.15, 0.2) is 30.3 Å². The van der Waals surface area contributed by atoms with Gasteiger partial charge in [0.25, 0.3) is 5.91 Å². The maximum Gasteiger partial charge on any atom is 0.412 e. The van der Waals surface area contributed by atoms with Crippen molar-refractivity contribution in [2.75, 3.05) is 17.7 Å². The van der Waals surface area contributed by atoms with Crippen LogP contribution >= 0.6 is 0 Å². The number of carbonyl (C=O) groups excluding carboxylic acids is 2. The van der Waals surface area contributed by atoms with Gasteiger partial charge in [0.1, 0.15) is 11.4 Å². The van der Waals surface area contributed by atoms with Gasteiger partial charge in [-0.2, -0.15) is 0 Å². The van der Waals surface area contributed by atoms with Crippen molar-refractivity contribution < 1.29 is 19.1 Å². The van der Waals surface area contributed by atoms with Crippen molar-refractivity contribution >= 4 is 35.0 Å². The zero-order chi connectivity index (χ0) is 24.5. The SMILES string of the molecule is COc1c(C(C)C)cc(/C=C2/C(=O)Nc3ccc(NC(=O)OC(C)(C)C)cc32)cc1C(C)C. The van der Waals surface area contributed by atoms with Crippen molar-refractivity contribution in [1.29, 1.82) is 0 Å². The average molecular weight is 451 g/mol. The molecule has 2 aromatic rings. The normalized spacial score (nSPS) is 14.5. The van der Waals surface area contributed by atoms with Gasteiger partial charge in [-0.05, 0) is 85.7 Å². The molecule has 1 heterocycles. The van der Waals surface area contributed by atoms with Crippen molar-refractivity contribution in [2.45, 2.75) is 65.9 Å². The van der Waals surface area contributed by atoms with Gasteiger partial charge in [-0.1, -0.05) is 27.7 Å². The monoisotopic (exact) mass is 450 g/mol. The van der Waals surface area contributed by atoms with Gasteiger partial charge in [0.05, 0.1) is 7.11 Å². The third-order valence-electron chi connectivity index (χ3n) is 5.38. The molecule has 3 rings (SSSR count). The van der Waals surface area contributed by atoms with Gasteiger partial charge in [-0.15, -0.1) is 0 Å². The Kier molecular flexibility index (Phi) is 6.86. The molecule has 6 nitrogen and oxygen atoms in total. The van der Waals surface area contributed by atoms with Crippen LogP contribution in [0.4, 0.5) is 16.2 Å². The first-order chi connectivity index (χ1) is 15.4. The summed E-state index contributed by atoms with van der Waals surface area (Å²) >= 11 is 0. The molecule has 1 aliphatic heterocycles. The number of fused-ring (bicyclic) bond motifs is 1. The van der Waals surface area contributed by atoms with E-state index in [-0.39, 0.29) is 17.7 Å². The van der Waals surface area contributed by atoms with Gasteiger partial charge >= 0.3 is 6.09 Å². The lowest BCUT2D eigenvalue weighted by Crippen LogP contribution is -2.27. The Bertz CT molecular complexity index is 1080. The average Bonchev–Trinajstić information content (AvgIpc) is 3.00. The van der Waals surface area contributed by atoms with Crippen LogP contribution in [-0.4, -0.2) is 24.7 Å². The minimum absolute atomic E-state index is 0.174. The molecule has 2 aromatic carbocycles. The molecule has 0 atom stereocenters. The van der Waals surface area contributed by atoms with Gasteiger partial charge in [-0.25, -0.2) is 4.79 Å². The Morgan fingerprint density at radius 1 is 1.03 bits per heavy atom. The second kappa shape index (κ2) is 9.30. The molecular weight excluding hydrogens is 416 g/mol. The maximum atomic E-state index is 12.8. The lowest BCUT2D eigenvalue weighted by molar-refractivity contribution is -0.110. The van der Waals surface area contributed by atoms with E-state index in [1.165, 1.54) is 0 Å². The summed E-state index contributed by atoms with van der Waals surface area (Å²) in [6.45, 7) is 13.9. The van der Waals surface area contributed by atoms with E-state index >= 15 is 0 Å². The standard InChI is InChI=1S/C27H34N2O4/c1-15(2)19-11-17(12-20(16(3)4)24(19)32-8)13-22-21-14-18(9-10-23(21)29-25(22)30)28-26(31)33-27(5,6)7/h9-16H,1-8H3,(H,28,31)(H,29,30)/b22-13+. The summed E-state index contributed by atoms with van der Waals surface area (Å²) in [5, 5.41) is 5.65. The highest BCUT2D eigenvalue weighted by Gasteiger charge is 2.26. The largest absolute Gasteiger partial charge is 0.496 e. The second-order valence-corrected chi connectivity index (χ2v) is 9.94. The fourth-order valence-electron chi connectivity index (χ4n) is 3.87. The smallest absolute Gasteiger partial charge is 0.412 e. The first-order valence-electron chi connectivity index (χ1n) is 11.3. The van der Waals surface area contributed by atoms with E-state index < -0.39 is 11.7 Å². The van der Waals surface area contributed by atoms with Crippen LogP contribution in [0.1, 0.15) is 82.6 Å². The molecule has 0 unspecified atom stereocenters. The Labute approximate surface area is 196 Å². The van der Waals surface area contributed by atoms with Crippen LogP contribution in [0, 0.1) is 0 Å². The number of methoxy groups -OCH3 is 1. The Morgan fingerprint density at radius 3 is 2.15 bits per heavy atom. The van der Waals surface area contributed by atoms with E-state index in [0.717, 1.165) is 28.0 Å². The fraction of sp³-hybridized carbons (Fsp3) is 0.407. The summed E-state index contributed by atoms with van der Waals surface area (Å²) in [6.07, 6.45) is 1.36. The summed E-state index contributed by atoms with van der Waals surface area (Å²) < 4.78 is 11.1. The van der Waals surface area contributed by atoms with Gasteiger partial charge in [0.15, 0.2) is 0 Å². The molecule has 0 fully saturated rings. The molecule has 176 valence electrons. The van der Waals surface area contributed by atoms with E-state index in [1.807, 2.05) is 26.8 Å². The molecule has 0 saturated heterocycles. The van der Waals surface area contributed by atoms with Crippen molar-refractivity contribution in [2.24, 2.45) is 0 Å². The number of anilines is 2. The van der Waals surface area contributed by atoms with Crippen LogP contribution in [0.5, 0.6) is 5.75 Å². The molecule has 1 aliphatic rings. The summed E-state index contributed by atoms with van der Waals surface area (Å²) in [7, 11) is 1.70. The van der Waals surface area contributed by atoms with Crippen molar-refractivity contribution in [3.8, 4) is 5.75 Å². The zero-order valence-corrected chi connectivity index (χ0v) is 20.8. The second-order valence-electron chi connectivity index (χ2n) is 9.94. The van der Waals surface area contributed by atoms with Gasteiger partial charge in [0.2, 0.25) is 0 Å². The number of hydrogen-bond acceptors (Lipinski definition) is 4. The summed E-state index contributed by atoms with van der Waals surface area (Å²) in [5.74, 6) is 1.27. The van der Waals surface area contributed by atoms with Crippen LogP contribution in [0.25, 0.3) is 11.6 Å². The number of amides is 2. The van der Waals surface area contributed by atoms with Gasteiger partial charge in [0, 0.05) is 22.5 Å². The topological polar surface area (TPSA) is 76.7 Å². The predicted octanol–water partition coefficient (Wildman–Crippen LogP) is 6.78. The minimum atomic E-state index is -0.597. The third kappa shape index (κ3) is 5.56. The molecule has 0 aliphatic carbocycles. The number of nitrogens with one attached hydrogen (secondary N) is 2. The Hall–Kier alpha value is -3.28. The van der Waals surface area contributed by atoms with E-state index in [0.29, 0.717) is 16.9 Å². The van der Waals surface area contributed by atoms with Gasteiger partial charge < -0.3 is 14.8 Å². The van der Waals surface area contributed by atoms with Crippen LogP contribution < -0.4 is 15.4 Å². The van der Waals surface area contributed by atoms with E-state index in [4.69, 9.17) is 9.47 Å². The minimum Gasteiger partial charge on any atom is -0.496 e. The molecular formula is C27H34N2O4. The summed E-state index contributed by atoms with van der Waals surface area (Å²) in [6, 6.07) is 9.48. The van der Waals surface area contributed by atoms with Crippen molar-refractivity contribution in [3.05, 3.63) is 52.6 Å². The van der Waals surface area contributed by atoms with E-state index in [9.17, 15) is 9.59 Å². The number of ether oxygens (including phenoxy) is 2. The van der Waals surface area contributed by atoms with Gasteiger partial charge in [-0.3, -0.25) is 10.1 Å². The molecule has 0 radical (unpaired) electrons. The van der Waals surface area contributed by atoms with Crippen molar-refractivity contribution in [1.82, 2.24) is 0 Å². The highest BCUT2D eigenvalue weighted by Crippen LogP contribution is 2.39. The zero-order valence-electron chi connectivity index (χ0n) is 20.8. The molecule has 6 heteroatoms. The predicted molar refractivity (Wildman–Crippen MR) is 134 cm³/mol. The number of hydrogen-bond donors (Lipinski definition) is 2. The fourth-order valence-corrected chi connectivity index (χ4v) is 3.87. The van der Waals surface area contributed by atoms with E-state index in [1.54, 1.807) is 25.3 Å². The lowest BCUT2D eigenvalue weighted by atomic mass is 9.90. The van der Waals surface area contributed by atoms with E-state index in [2.05, 4.69) is 50.5 Å². The molecule has 0 saturated carbocycles. The van der Waals surface area contributed by atoms with Crippen LogP contribution in [0.2, 0.25) is 0 Å².